The van der Waals surface area contributed by atoms with Crippen LogP contribution in [0.5, 0.6) is 5.75 Å². The molecule has 0 heterocycles. The Labute approximate surface area is 160 Å². The number of halogens is 1. The Morgan fingerprint density at radius 2 is 1.96 bits per heavy atom. The number of carbonyl (C=O) groups is 1. The van der Waals surface area contributed by atoms with Crippen molar-refractivity contribution in [3.05, 3.63) is 58.6 Å². The average molecular weight is 440 g/mol. The summed E-state index contributed by atoms with van der Waals surface area (Å²) in [5.41, 5.74) is 3.48. The second-order valence-corrected chi connectivity index (χ2v) is 8.14. The summed E-state index contributed by atoms with van der Waals surface area (Å²) >= 11 is 3.34. The van der Waals surface area contributed by atoms with Crippen molar-refractivity contribution in [3.8, 4) is 5.75 Å². The van der Waals surface area contributed by atoms with Crippen LogP contribution in [0.25, 0.3) is 0 Å². The molecule has 0 aliphatic heterocycles. The van der Waals surface area contributed by atoms with E-state index in [1.165, 1.54) is 13.3 Å². The summed E-state index contributed by atoms with van der Waals surface area (Å²) in [7, 11) is -2.13. The summed E-state index contributed by atoms with van der Waals surface area (Å²) in [5, 5.41) is 3.85. The number of hydrogen-bond donors (Lipinski definition) is 1. The molecular weight excluding hydrogens is 422 g/mol. The third kappa shape index (κ3) is 5.85. The fourth-order valence-electron chi connectivity index (χ4n) is 2.08. The Balaban J connectivity index is 2.06. The van der Waals surface area contributed by atoms with E-state index in [2.05, 4.69) is 26.5 Å². The van der Waals surface area contributed by atoms with Gasteiger partial charge in [-0.15, -0.1) is 0 Å². The van der Waals surface area contributed by atoms with Gasteiger partial charge in [0.1, 0.15) is 12.3 Å². The average Bonchev–Trinajstić information content (AvgIpc) is 2.59. The molecular formula is C17H18BrN3O4S. The van der Waals surface area contributed by atoms with Crippen LogP contribution in [0.1, 0.15) is 5.56 Å². The Hall–Kier alpha value is -2.39. The minimum Gasteiger partial charge on any atom is -0.497 e. The van der Waals surface area contributed by atoms with E-state index in [0.717, 1.165) is 20.6 Å². The number of benzene rings is 2. The van der Waals surface area contributed by atoms with Crippen LogP contribution < -0.4 is 14.5 Å². The number of rotatable bonds is 7. The predicted molar refractivity (Wildman–Crippen MR) is 105 cm³/mol. The van der Waals surface area contributed by atoms with Gasteiger partial charge in [-0.2, -0.15) is 5.10 Å². The zero-order valence-corrected chi connectivity index (χ0v) is 16.6. The molecule has 7 nitrogen and oxygen atoms in total. The first-order chi connectivity index (χ1) is 12.3. The maximum Gasteiger partial charge on any atom is 0.260 e. The van der Waals surface area contributed by atoms with Crippen LogP contribution in [0.3, 0.4) is 0 Å². The van der Waals surface area contributed by atoms with Crippen LogP contribution >= 0.6 is 15.9 Å². The molecule has 26 heavy (non-hydrogen) atoms. The minimum atomic E-state index is -3.64. The van der Waals surface area contributed by atoms with E-state index < -0.39 is 15.9 Å². The largest absolute Gasteiger partial charge is 0.497 e. The number of hydrogen-bond acceptors (Lipinski definition) is 5. The van der Waals surface area contributed by atoms with E-state index in [1.54, 1.807) is 24.3 Å². The predicted octanol–water partition coefficient (Wildman–Crippen LogP) is 2.37. The van der Waals surface area contributed by atoms with Crippen LogP contribution in [0.4, 0.5) is 5.69 Å². The first-order valence-electron chi connectivity index (χ1n) is 7.49. The normalized spacial score (nSPS) is 11.3. The number of nitrogens with one attached hydrogen (secondary N) is 1. The molecule has 0 spiro atoms. The number of carbonyl (C=O) groups excluding carboxylic acids is 1. The first kappa shape index (κ1) is 19.9. The molecule has 2 rings (SSSR count). The highest BCUT2D eigenvalue weighted by Gasteiger charge is 2.20. The molecule has 0 aromatic heterocycles. The molecule has 0 saturated carbocycles. The van der Waals surface area contributed by atoms with Gasteiger partial charge in [0.15, 0.2) is 0 Å². The van der Waals surface area contributed by atoms with Gasteiger partial charge >= 0.3 is 0 Å². The number of anilines is 1. The molecule has 0 fully saturated rings. The van der Waals surface area contributed by atoms with Gasteiger partial charge in [0.05, 0.1) is 25.3 Å². The lowest BCUT2D eigenvalue weighted by atomic mass is 10.2. The van der Waals surface area contributed by atoms with Gasteiger partial charge in [-0.1, -0.05) is 28.1 Å². The summed E-state index contributed by atoms with van der Waals surface area (Å²) in [4.78, 5) is 12.1. The summed E-state index contributed by atoms with van der Waals surface area (Å²) in [6.07, 6.45) is 2.51. The molecule has 0 aliphatic carbocycles. The van der Waals surface area contributed by atoms with Gasteiger partial charge in [0, 0.05) is 4.47 Å². The van der Waals surface area contributed by atoms with Crippen molar-refractivity contribution < 1.29 is 17.9 Å². The second-order valence-electron chi connectivity index (χ2n) is 5.32. The zero-order chi connectivity index (χ0) is 19.2. The number of amides is 1. The number of ether oxygens (including phenoxy) is 1. The Morgan fingerprint density at radius 1 is 1.27 bits per heavy atom. The van der Waals surface area contributed by atoms with E-state index in [4.69, 9.17) is 4.74 Å². The highest BCUT2D eigenvalue weighted by Crippen LogP contribution is 2.21. The summed E-state index contributed by atoms with van der Waals surface area (Å²) in [6, 6.07) is 13.7. The van der Waals surface area contributed by atoms with E-state index in [9.17, 15) is 13.2 Å². The Bertz CT molecular complexity index is 898. The number of nitrogens with zero attached hydrogens (tertiary/aromatic N) is 2. The lowest BCUT2D eigenvalue weighted by Gasteiger charge is -2.21. The van der Waals surface area contributed by atoms with Crippen molar-refractivity contribution in [3.63, 3.8) is 0 Å². The molecule has 2 aromatic carbocycles. The Morgan fingerprint density at radius 3 is 2.54 bits per heavy atom. The molecule has 0 saturated heterocycles. The smallest absolute Gasteiger partial charge is 0.260 e. The maximum absolute atomic E-state index is 12.1. The van der Waals surface area contributed by atoms with Crippen LogP contribution in [-0.2, 0) is 14.8 Å². The van der Waals surface area contributed by atoms with Crippen LogP contribution in [-0.4, -0.2) is 40.4 Å². The third-order valence-electron chi connectivity index (χ3n) is 3.30. The van der Waals surface area contributed by atoms with Gasteiger partial charge in [0.25, 0.3) is 5.91 Å². The van der Waals surface area contributed by atoms with Crippen LogP contribution in [0.15, 0.2) is 58.1 Å². The molecule has 0 aliphatic rings. The van der Waals surface area contributed by atoms with E-state index in [0.29, 0.717) is 11.4 Å². The van der Waals surface area contributed by atoms with Gasteiger partial charge in [-0.25, -0.2) is 13.8 Å². The van der Waals surface area contributed by atoms with Crippen LogP contribution in [0, 0.1) is 0 Å². The quantitative estimate of drug-likeness (QED) is 0.529. The molecule has 0 radical (unpaired) electrons. The summed E-state index contributed by atoms with van der Waals surface area (Å²) in [5.74, 6) is 0.0303. The van der Waals surface area contributed by atoms with Gasteiger partial charge in [0.2, 0.25) is 10.0 Å². The summed E-state index contributed by atoms with van der Waals surface area (Å²) in [6.45, 7) is -0.388. The van der Waals surface area contributed by atoms with Crippen molar-refractivity contribution in [2.45, 2.75) is 0 Å². The SMILES string of the molecule is COc1ccc(N(CC(=O)N/N=C\c2cccc(Br)c2)S(C)(=O)=O)cc1. The molecule has 2 aromatic rings. The molecule has 0 unspecified atom stereocenters. The molecule has 138 valence electrons. The Kier molecular flexibility index (Phi) is 6.76. The van der Waals surface area contributed by atoms with Crippen molar-refractivity contribution in [1.82, 2.24) is 5.43 Å². The van der Waals surface area contributed by atoms with Gasteiger partial charge in [-0.3, -0.25) is 9.10 Å². The summed E-state index contributed by atoms with van der Waals surface area (Å²) < 4.78 is 31.0. The number of hydrazone groups is 1. The van der Waals surface area contributed by atoms with Crippen molar-refractivity contribution >= 4 is 43.8 Å². The fourth-order valence-corrected chi connectivity index (χ4v) is 3.35. The molecule has 1 amide bonds. The standard InChI is InChI=1S/C17H18BrN3O4S/c1-25-16-8-6-15(7-9-16)21(26(2,23)24)12-17(22)20-19-11-13-4-3-5-14(18)10-13/h3-11H,12H2,1-2H3,(H,20,22)/b19-11-. The number of methoxy groups -OCH3 is 1. The van der Waals surface area contributed by atoms with Crippen LogP contribution in [0.2, 0.25) is 0 Å². The van der Waals surface area contributed by atoms with E-state index in [-0.39, 0.29) is 6.54 Å². The van der Waals surface area contributed by atoms with Crippen molar-refractivity contribution in [2.75, 3.05) is 24.2 Å². The lowest BCUT2D eigenvalue weighted by Crippen LogP contribution is -2.39. The topological polar surface area (TPSA) is 88.1 Å². The second kappa shape index (κ2) is 8.81. The maximum atomic E-state index is 12.1. The zero-order valence-electron chi connectivity index (χ0n) is 14.2. The third-order valence-corrected chi connectivity index (χ3v) is 4.93. The molecule has 1 N–H and O–H groups in total. The van der Waals surface area contributed by atoms with E-state index >= 15 is 0 Å². The monoisotopic (exact) mass is 439 g/mol. The fraction of sp³-hybridized carbons (Fsp3) is 0.176. The molecule has 0 bridgehead atoms. The van der Waals surface area contributed by atoms with Gasteiger partial charge < -0.3 is 4.74 Å². The first-order valence-corrected chi connectivity index (χ1v) is 10.1. The lowest BCUT2D eigenvalue weighted by molar-refractivity contribution is -0.119. The van der Waals surface area contributed by atoms with Crippen molar-refractivity contribution in [2.24, 2.45) is 5.10 Å². The number of sulfonamides is 1. The molecule has 9 heteroatoms. The highest BCUT2D eigenvalue weighted by atomic mass is 79.9. The minimum absolute atomic E-state index is 0.361. The highest BCUT2D eigenvalue weighted by molar-refractivity contribution is 9.10. The van der Waals surface area contributed by atoms with Gasteiger partial charge in [-0.05, 0) is 42.0 Å². The van der Waals surface area contributed by atoms with Crippen molar-refractivity contribution in [1.29, 1.82) is 0 Å². The van der Waals surface area contributed by atoms with E-state index in [1.807, 2.05) is 24.3 Å². The molecule has 0 atom stereocenters.